The lowest BCUT2D eigenvalue weighted by atomic mass is 9.80. The van der Waals surface area contributed by atoms with Crippen molar-refractivity contribution < 1.29 is 4.42 Å². The Morgan fingerprint density at radius 2 is 2.46 bits per heavy atom. The lowest BCUT2D eigenvalue weighted by molar-refractivity contribution is 0.247. The van der Waals surface area contributed by atoms with Crippen molar-refractivity contribution in [3.63, 3.8) is 0 Å². The van der Waals surface area contributed by atoms with E-state index >= 15 is 0 Å². The first-order valence-electron chi connectivity index (χ1n) is 5.08. The van der Waals surface area contributed by atoms with Crippen molar-refractivity contribution in [1.29, 1.82) is 0 Å². The highest BCUT2D eigenvalue weighted by molar-refractivity contribution is 5.15. The largest absolute Gasteiger partial charge is 0.448 e. The molecule has 0 bridgehead atoms. The minimum Gasteiger partial charge on any atom is -0.448 e. The van der Waals surface area contributed by atoms with Crippen LogP contribution < -0.4 is 5.32 Å². The third-order valence-corrected chi connectivity index (χ3v) is 3.31. The van der Waals surface area contributed by atoms with Gasteiger partial charge in [-0.1, -0.05) is 0 Å². The standard InChI is InChI=1S/C10H14N2O/c1-2-7-4-9-10(13-6-12-9)5-8(7)11-3-1/h6-8,11H,1-5H2/t7-,8-/m1/s1. The third-order valence-electron chi connectivity index (χ3n) is 3.31. The number of piperidine rings is 1. The number of oxazole rings is 1. The second kappa shape index (κ2) is 2.84. The molecule has 1 fully saturated rings. The number of nitrogens with one attached hydrogen (secondary N) is 1. The summed E-state index contributed by atoms with van der Waals surface area (Å²) in [6.07, 6.45) is 6.41. The van der Waals surface area contributed by atoms with Crippen LogP contribution in [0.2, 0.25) is 0 Å². The molecule has 3 rings (SSSR count). The Bertz CT molecular complexity index is 279. The molecule has 1 aliphatic heterocycles. The summed E-state index contributed by atoms with van der Waals surface area (Å²) < 4.78 is 5.35. The van der Waals surface area contributed by atoms with Crippen LogP contribution in [0.5, 0.6) is 0 Å². The average molecular weight is 178 g/mol. The van der Waals surface area contributed by atoms with Crippen LogP contribution in [0, 0.1) is 5.92 Å². The van der Waals surface area contributed by atoms with Crippen LogP contribution in [-0.2, 0) is 12.8 Å². The van der Waals surface area contributed by atoms with Gasteiger partial charge in [0.25, 0.3) is 0 Å². The first kappa shape index (κ1) is 7.56. The zero-order valence-corrected chi connectivity index (χ0v) is 7.62. The summed E-state index contributed by atoms with van der Waals surface area (Å²) in [7, 11) is 0. The molecular weight excluding hydrogens is 164 g/mol. The number of hydrogen-bond acceptors (Lipinski definition) is 3. The summed E-state index contributed by atoms with van der Waals surface area (Å²) in [5.74, 6) is 1.90. The normalized spacial score (nSPS) is 32.3. The van der Waals surface area contributed by atoms with Crippen molar-refractivity contribution in [1.82, 2.24) is 10.3 Å². The van der Waals surface area contributed by atoms with Crippen molar-refractivity contribution in [3.05, 3.63) is 17.8 Å². The smallest absolute Gasteiger partial charge is 0.181 e. The van der Waals surface area contributed by atoms with Gasteiger partial charge in [-0.05, 0) is 31.7 Å². The van der Waals surface area contributed by atoms with E-state index in [4.69, 9.17) is 4.42 Å². The van der Waals surface area contributed by atoms with E-state index in [2.05, 4.69) is 10.3 Å². The predicted octanol–water partition coefficient (Wildman–Crippen LogP) is 1.14. The minimum atomic E-state index is 0.647. The maximum absolute atomic E-state index is 5.35. The molecule has 0 amide bonds. The van der Waals surface area contributed by atoms with E-state index in [-0.39, 0.29) is 0 Å². The topological polar surface area (TPSA) is 38.1 Å². The number of nitrogens with zero attached hydrogens (tertiary/aromatic N) is 1. The van der Waals surface area contributed by atoms with Crippen LogP contribution >= 0.6 is 0 Å². The maximum atomic E-state index is 5.35. The van der Waals surface area contributed by atoms with Gasteiger partial charge in [0.15, 0.2) is 6.39 Å². The quantitative estimate of drug-likeness (QED) is 0.647. The Labute approximate surface area is 77.5 Å². The molecule has 1 aliphatic carbocycles. The third kappa shape index (κ3) is 1.18. The maximum Gasteiger partial charge on any atom is 0.181 e. The van der Waals surface area contributed by atoms with E-state index in [1.165, 1.54) is 25.1 Å². The summed E-state index contributed by atoms with van der Waals surface area (Å²) in [6.45, 7) is 1.17. The SMILES string of the molecule is c1nc2c(o1)C[C@H]1NCCC[C@@H]1C2. The highest BCUT2D eigenvalue weighted by atomic mass is 16.3. The summed E-state index contributed by atoms with van der Waals surface area (Å²) in [5.41, 5.74) is 1.20. The van der Waals surface area contributed by atoms with Crippen LogP contribution in [0.25, 0.3) is 0 Å². The average Bonchev–Trinajstić information content (AvgIpc) is 2.61. The fourth-order valence-corrected chi connectivity index (χ4v) is 2.58. The van der Waals surface area contributed by atoms with Gasteiger partial charge in [0, 0.05) is 12.5 Å². The molecule has 0 aromatic carbocycles. The highest BCUT2D eigenvalue weighted by Crippen LogP contribution is 2.29. The molecule has 70 valence electrons. The molecule has 0 radical (unpaired) electrons. The van der Waals surface area contributed by atoms with E-state index in [1.54, 1.807) is 6.39 Å². The van der Waals surface area contributed by atoms with Gasteiger partial charge in [-0.2, -0.15) is 0 Å². The molecule has 1 aromatic heterocycles. The fourth-order valence-electron chi connectivity index (χ4n) is 2.58. The Morgan fingerprint density at radius 1 is 1.46 bits per heavy atom. The summed E-state index contributed by atoms with van der Waals surface area (Å²) in [5, 5.41) is 3.56. The number of rotatable bonds is 0. The van der Waals surface area contributed by atoms with Crippen LogP contribution in [-0.4, -0.2) is 17.6 Å². The van der Waals surface area contributed by atoms with Crippen molar-refractivity contribution in [2.24, 2.45) is 5.92 Å². The first-order valence-corrected chi connectivity index (χ1v) is 5.08. The molecule has 0 saturated carbocycles. The lowest BCUT2D eigenvalue weighted by Gasteiger charge is -2.34. The van der Waals surface area contributed by atoms with Gasteiger partial charge >= 0.3 is 0 Å². The summed E-state index contributed by atoms with van der Waals surface area (Å²) in [6, 6.07) is 0.647. The van der Waals surface area contributed by atoms with E-state index in [0.29, 0.717) is 6.04 Å². The van der Waals surface area contributed by atoms with Crippen molar-refractivity contribution in [3.8, 4) is 0 Å². The molecule has 1 aromatic rings. The summed E-state index contributed by atoms with van der Waals surface area (Å²) >= 11 is 0. The van der Waals surface area contributed by atoms with Gasteiger partial charge < -0.3 is 9.73 Å². The second-order valence-corrected chi connectivity index (χ2v) is 4.09. The van der Waals surface area contributed by atoms with Crippen LogP contribution in [0.1, 0.15) is 24.3 Å². The van der Waals surface area contributed by atoms with Gasteiger partial charge in [-0.25, -0.2) is 4.98 Å². The molecule has 0 unspecified atom stereocenters. The fraction of sp³-hybridized carbons (Fsp3) is 0.700. The van der Waals surface area contributed by atoms with E-state index < -0.39 is 0 Å². The molecule has 1 saturated heterocycles. The molecule has 13 heavy (non-hydrogen) atoms. The Kier molecular flexibility index (Phi) is 1.65. The zero-order valence-electron chi connectivity index (χ0n) is 7.62. The predicted molar refractivity (Wildman–Crippen MR) is 48.4 cm³/mol. The molecular formula is C10H14N2O. The van der Waals surface area contributed by atoms with Crippen LogP contribution in [0.15, 0.2) is 10.8 Å². The molecule has 1 N–H and O–H groups in total. The molecule has 3 heteroatoms. The van der Waals surface area contributed by atoms with Gasteiger partial charge in [0.1, 0.15) is 5.76 Å². The number of fused-ring (bicyclic) bond motifs is 2. The van der Waals surface area contributed by atoms with Gasteiger partial charge in [0.2, 0.25) is 0 Å². The highest BCUT2D eigenvalue weighted by Gasteiger charge is 2.32. The molecule has 3 nitrogen and oxygen atoms in total. The van der Waals surface area contributed by atoms with E-state index in [9.17, 15) is 0 Å². The van der Waals surface area contributed by atoms with Crippen LogP contribution in [0.3, 0.4) is 0 Å². The van der Waals surface area contributed by atoms with Gasteiger partial charge in [-0.15, -0.1) is 0 Å². The molecule has 0 spiro atoms. The van der Waals surface area contributed by atoms with Crippen LogP contribution in [0.4, 0.5) is 0 Å². The monoisotopic (exact) mass is 178 g/mol. The molecule has 2 aliphatic rings. The number of aromatic nitrogens is 1. The Hall–Kier alpha value is -0.830. The second-order valence-electron chi connectivity index (χ2n) is 4.09. The Morgan fingerprint density at radius 3 is 3.46 bits per heavy atom. The lowest BCUT2D eigenvalue weighted by Crippen LogP contribution is -2.45. The molecule has 2 heterocycles. The van der Waals surface area contributed by atoms with Crippen molar-refractivity contribution >= 4 is 0 Å². The van der Waals surface area contributed by atoms with Crippen molar-refractivity contribution in [2.45, 2.75) is 31.7 Å². The van der Waals surface area contributed by atoms with Gasteiger partial charge in [-0.3, -0.25) is 0 Å². The first-order chi connectivity index (χ1) is 6.43. The van der Waals surface area contributed by atoms with E-state index in [0.717, 1.165) is 24.5 Å². The molecule has 2 atom stereocenters. The zero-order chi connectivity index (χ0) is 8.67. The minimum absolute atomic E-state index is 0.647. The Balaban J connectivity index is 1.89. The summed E-state index contributed by atoms with van der Waals surface area (Å²) in [4.78, 5) is 4.25. The van der Waals surface area contributed by atoms with Crippen molar-refractivity contribution in [2.75, 3.05) is 6.54 Å². The van der Waals surface area contributed by atoms with E-state index in [1.807, 2.05) is 0 Å². The number of hydrogen-bond donors (Lipinski definition) is 1. The van der Waals surface area contributed by atoms with Gasteiger partial charge in [0.05, 0.1) is 5.69 Å².